The smallest absolute Gasteiger partial charge is 0.416 e. The van der Waals surface area contributed by atoms with E-state index in [0.29, 0.717) is 6.07 Å². The summed E-state index contributed by atoms with van der Waals surface area (Å²) in [6.07, 6.45) is -2.40. The Labute approximate surface area is 154 Å². The third-order valence-electron chi connectivity index (χ3n) is 3.51. The molecule has 0 aliphatic heterocycles. The number of H-pyrrole nitrogens is 1. The van der Waals surface area contributed by atoms with Gasteiger partial charge < -0.3 is 15.0 Å². The average molecular weight is 393 g/mol. The third-order valence-corrected chi connectivity index (χ3v) is 3.51. The van der Waals surface area contributed by atoms with Crippen molar-refractivity contribution in [3.63, 3.8) is 0 Å². The van der Waals surface area contributed by atoms with E-state index in [4.69, 9.17) is 4.74 Å². The summed E-state index contributed by atoms with van der Waals surface area (Å²) in [7, 11) is 0. The molecule has 2 heterocycles. The third kappa shape index (κ3) is 4.53. The van der Waals surface area contributed by atoms with Crippen molar-refractivity contribution in [2.75, 3.05) is 5.32 Å². The van der Waals surface area contributed by atoms with E-state index >= 15 is 0 Å². The van der Waals surface area contributed by atoms with Gasteiger partial charge in [-0.05, 0) is 36.4 Å². The molecule has 0 aliphatic rings. The van der Waals surface area contributed by atoms with Crippen molar-refractivity contribution in [1.29, 1.82) is 0 Å². The van der Waals surface area contributed by atoms with Gasteiger partial charge in [0.25, 0.3) is 5.91 Å². The van der Waals surface area contributed by atoms with Gasteiger partial charge in [-0.25, -0.2) is 4.98 Å². The maximum atomic E-state index is 13.0. The van der Waals surface area contributed by atoms with Crippen LogP contribution in [-0.2, 0) is 6.18 Å². The number of hydrogen-bond donors (Lipinski definition) is 2. The molecule has 1 amide bonds. The lowest BCUT2D eigenvalue weighted by atomic mass is 10.1. The van der Waals surface area contributed by atoms with Crippen LogP contribution in [0.15, 0.2) is 59.7 Å². The van der Waals surface area contributed by atoms with Crippen molar-refractivity contribution >= 4 is 11.6 Å². The second kappa shape index (κ2) is 7.51. The molecule has 28 heavy (non-hydrogen) atoms. The van der Waals surface area contributed by atoms with Gasteiger partial charge in [0.15, 0.2) is 0 Å². The monoisotopic (exact) mass is 393 g/mol. The predicted molar refractivity (Wildman–Crippen MR) is 90.7 cm³/mol. The van der Waals surface area contributed by atoms with E-state index < -0.39 is 34.9 Å². The SMILES string of the molecule is O=C(Nc1cc[nH]c(=O)c1)c1ccc(C(F)(F)F)cc1Oc1ccc(F)nc1. The first-order valence-corrected chi connectivity index (χ1v) is 7.73. The molecule has 0 saturated carbocycles. The summed E-state index contributed by atoms with van der Waals surface area (Å²) in [6, 6.07) is 6.93. The van der Waals surface area contributed by atoms with Crippen LogP contribution in [-0.4, -0.2) is 15.9 Å². The highest BCUT2D eigenvalue weighted by molar-refractivity contribution is 6.06. The number of hydrogen-bond acceptors (Lipinski definition) is 4. The lowest BCUT2D eigenvalue weighted by Gasteiger charge is -2.14. The molecule has 0 saturated heterocycles. The number of ether oxygens (including phenoxy) is 1. The van der Waals surface area contributed by atoms with Crippen molar-refractivity contribution < 1.29 is 27.1 Å². The molecule has 6 nitrogen and oxygen atoms in total. The molecule has 0 fully saturated rings. The van der Waals surface area contributed by atoms with Crippen molar-refractivity contribution in [2.45, 2.75) is 6.18 Å². The Morgan fingerprint density at radius 2 is 1.89 bits per heavy atom. The predicted octanol–water partition coefficient (Wildman–Crippen LogP) is 3.97. The maximum absolute atomic E-state index is 13.0. The van der Waals surface area contributed by atoms with Crippen LogP contribution in [0.3, 0.4) is 0 Å². The first-order chi connectivity index (χ1) is 13.2. The number of carbonyl (C=O) groups excluding carboxylic acids is 1. The van der Waals surface area contributed by atoms with Crippen LogP contribution in [0.4, 0.5) is 23.2 Å². The van der Waals surface area contributed by atoms with Gasteiger partial charge in [-0.2, -0.15) is 17.6 Å². The lowest BCUT2D eigenvalue weighted by Crippen LogP contribution is -2.16. The average Bonchev–Trinajstić information content (AvgIpc) is 2.63. The van der Waals surface area contributed by atoms with E-state index in [0.717, 1.165) is 36.5 Å². The topological polar surface area (TPSA) is 84.1 Å². The summed E-state index contributed by atoms with van der Waals surface area (Å²) in [6.45, 7) is 0. The molecular formula is C18H11F4N3O3. The Hall–Kier alpha value is -3.69. The zero-order valence-corrected chi connectivity index (χ0v) is 13.9. The first-order valence-electron chi connectivity index (χ1n) is 7.73. The standard InChI is InChI=1S/C18H11F4N3O3/c19-15-4-2-12(9-24-15)28-14-7-10(18(20,21)22)1-3-13(14)17(27)25-11-5-6-23-16(26)8-11/h1-9H,(H2,23,25,26,27). The summed E-state index contributed by atoms with van der Waals surface area (Å²) >= 11 is 0. The van der Waals surface area contributed by atoms with Crippen molar-refractivity contribution in [2.24, 2.45) is 0 Å². The Balaban J connectivity index is 1.97. The molecule has 1 aromatic carbocycles. The minimum Gasteiger partial charge on any atom is -0.455 e. The second-order valence-electron chi connectivity index (χ2n) is 5.52. The van der Waals surface area contributed by atoms with E-state index in [1.807, 2.05) is 0 Å². The Kier molecular flexibility index (Phi) is 5.12. The van der Waals surface area contributed by atoms with Crippen LogP contribution in [0.1, 0.15) is 15.9 Å². The fraction of sp³-hybridized carbons (Fsp3) is 0.0556. The van der Waals surface area contributed by atoms with E-state index in [9.17, 15) is 27.2 Å². The van der Waals surface area contributed by atoms with E-state index in [1.165, 1.54) is 12.3 Å². The van der Waals surface area contributed by atoms with Crippen LogP contribution >= 0.6 is 0 Å². The molecule has 0 aliphatic carbocycles. The van der Waals surface area contributed by atoms with Crippen LogP contribution in [0.25, 0.3) is 0 Å². The fourth-order valence-electron chi connectivity index (χ4n) is 2.24. The van der Waals surface area contributed by atoms with Crippen LogP contribution in [0, 0.1) is 5.95 Å². The summed E-state index contributed by atoms with van der Waals surface area (Å²) in [5.74, 6) is -2.08. The van der Waals surface area contributed by atoms with Crippen molar-refractivity contribution in [3.05, 3.63) is 82.3 Å². The summed E-state index contributed by atoms with van der Waals surface area (Å²) in [5, 5.41) is 2.40. The highest BCUT2D eigenvalue weighted by atomic mass is 19.4. The van der Waals surface area contributed by atoms with E-state index in [2.05, 4.69) is 15.3 Å². The first kappa shape index (κ1) is 19.1. The number of halogens is 4. The van der Waals surface area contributed by atoms with Gasteiger partial charge in [0, 0.05) is 18.0 Å². The highest BCUT2D eigenvalue weighted by Gasteiger charge is 2.32. The van der Waals surface area contributed by atoms with Gasteiger partial charge in [-0.15, -0.1) is 0 Å². The zero-order chi connectivity index (χ0) is 20.3. The number of amides is 1. The largest absolute Gasteiger partial charge is 0.455 e. The number of aromatic nitrogens is 2. The number of pyridine rings is 2. The molecule has 10 heteroatoms. The number of benzene rings is 1. The summed E-state index contributed by atoms with van der Waals surface area (Å²) in [4.78, 5) is 29.5. The minimum absolute atomic E-state index is 0.0640. The minimum atomic E-state index is -4.67. The summed E-state index contributed by atoms with van der Waals surface area (Å²) < 4.78 is 57.3. The van der Waals surface area contributed by atoms with Gasteiger partial charge in [-0.1, -0.05) is 0 Å². The number of carbonyl (C=O) groups is 1. The number of anilines is 1. The van der Waals surface area contributed by atoms with Crippen LogP contribution in [0.2, 0.25) is 0 Å². The Bertz CT molecular complexity index is 1060. The number of alkyl halides is 3. The molecule has 144 valence electrons. The summed E-state index contributed by atoms with van der Waals surface area (Å²) in [5.41, 5.74) is -1.59. The number of nitrogens with one attached hydrogen (secondary N) is 2. The van der Waals surface area contributed by atoms with Gasteiger partial charge in [0.2, 0.25) is 11.5 Å². The normalized spacial score (nSPS) is 11.1. The van der Waals surface area contributed by atoms with E-state index in [1.54, 1.807) is 0 Å². The molecular weight excluding hydrogens is 382 g/mol. The molecule has 2 aromatic heterocycles. The molecule has 0 radical (unpaired) electrons. The molecule has 0 bridgehead atoms. The lowest BCUT2D eigenvalue weighted by molar-refractivity contribution is -0.137. The van der Waals surface area contributed by atoms with Crippen molar-refractivity contribution in [1.82, 2.24) is 9.97 Å². The van der Waals surface area contributed by atoms with Gasteiger partial charge in [0.05, 0.1) is 17.3 Å². The number of aromatic amines is 1. The fourth-order valence-corrected chi connectivity index (χ4v) is 2.24. The van der Waals surface area contributed by atoms with Crippen molar-refractivity contribution in [3.8, 4) is 11.5 Å². The Morgan fingerprint density at radius 1 is 1.11 bits per heavy atom. The van der Waals surface area contributed by atoms with E-state index in [-0.39, 0.29) is 17.0 Å². The van der Waals surface area contributed by atoms with Crippen LogP contribution < -0.4 is 15.6 Å². The van der Waals surface area contributed by atoms with Gasteiger partial charge in [0.1, 0.15) is 11.5 Å². The quantitative estimate of drug-likeness (QED) is 0.519. The second-order valence-corrected chi connectivity index (χ2v) is 5.52. The van der Waals surface area contributed by atoms with Gasteiger partial charge >= 0.3 is 6.18 Å². The molecule has 0 spiro atoms. The molecule has 3 rings (SSSR count). The molecule has 0 atom stereocenters. The maximum Gasteiger partial charge on any atom is 0.416 e. The zero-order valence-electron chi connectivity index (χ0n) is 13.9. The number of nitrogens with zero attached hydrogens (tertiary/aromatic N) is 1. The number of rotatable bonds is 4. The molecule has 0 unspecified atom stereocenters. The van der Waals surface area contributed by atoms with Gasteiger partial charge in [-0.3, -0.25) is 9.59 Å². The van der Waals surface area contributed by atoms with Crippen LogP contribution in [0.5, 0.6) is 11.5 Å². The molecule has 2 N–H and O–H groups in total. The molecule has 3 aromatic rings. The highest BCUT2D eigenvalue weighted by Crippen LogP contribution is 2.35. The Morgan fingerprint density at radius 3 is 2.54 bits per heavy atom.